The lowest BCUT2D eigenvalue weighted by atomic mass is 9.95. The minimum Gasteiger partial charge on any atom is -0.354 e. The van der Waals surface area contributed by atoms with Crippen LogP contribution >= 0.6 is 11.8 Å². The van der Waals surface area contributed by atoms with Crippen molar-refractivity contribution in [1.82, 2.24) is 14.9 Å². The number of aromatic nitrogens is 2. The van der Waals surface area contributed by atoms with E-state index in [1.54, 1.807) is 24.2 Å². The quantitative estimate of drug-likeness (QED) is 0.804. The Labute approximate surface area is 165 Å². The van der Waals surface area contributed by atoms with Crippen molar-refractivity contribution in [3.63, 3.8) is 0 Å². The number of hydrogen-bond acceptors (Lipinski definition) is 5. The van der Waals surface area contributed by atoms with Gasteiger partial charge in [-0.15, -0.1) is 0 Å². The highest BCUT2D eigenvalue weighted by atomic mass is 32.2. The van der Waals surface area contributed by atoms with Gasteiger partial charge in [0.15, 0.2) is 5.82 Å². The number of anilines is 1. The van der Waals surface area contributed by atoms with Gasteiger partial charge in [0, 0.05) is 43.5 Å². The topological polar surface area (TPSA) is 49.3 Å². The molecule has 0 spiro atoms. The van der Waals surface area contributed by atoms with Crippen molar-refractivity contribution in [1.29, 1.82) is 0 Å². The monoisotopic (exact) mass is 382 g/mol. The molecule has 0 N–H and O–H groups in total. The van der Waals surface area contributed by atoms with Gasteiger partial charge in [-0.05, 0) is 44.2 Å². The third-order valence-corrected chi connectivity index (χ3v) is 6.33. The molecule has 142 valence electrons. The Kier molecular flexibility index (Phi) is 5.92. The molecule has 1 amide bonds. The molecule has 6 heteroatoms. The number of amides is 1. The van der Waals surface area contributed by atoms with Crippen molar-refractivity contribution >= 4 is 23.5 Å². The molecule has 0 saturated carbocycles. The number of carbonyl (C=O) groups excluding carboxylic acids is 1. The fraction of sp³-hybridized carbons (Fsp3) is 0.476. The molecule has 5 nitrogen and oxygen atoms in total. The van der Waals surface area contributed by atoms with Crippen LogP contribution in [-0.2, 0) is 4.79 Å². The minimum atomic E-state index is 0.0773. The molecule has 27 heavy (non-hydrogen) atoms. The smallest absolute Gasteiger partial charge is 0.227 e. The SMILES string of the molecule is O=C([C@H]1CCCN(c2nccnc2Sc2ccccc2)C1)N1CCCCC1. The summed E-state index contributed by atoms with van der Waals surface area (Å²) >= 11 is 1.63. The Morgan fingerprint density at radius 1 is 0.963 bits per heavy atom. The van der Waals surface area contributed by atoms with E-state index < -0.39 is 0 Å². The molecule has 2 aromatic rings. The van der Waals surface area contributed by atoms with Crippen LogP contribution in [-0.4, -0.2) is 47.0 Å². The Bertz CT molecular complexity index is 764. The summed E-state index contributed by atoms with van der Waals surface area (Å²) in [6.45, 7) is 3.53. The van der Waals surface area contributed by atoms with Crippen LogP contribution in [0.25, 0.3) is 0 Å². The van der Waals surface area contributed by atoms with E-state index in [1.165, 1.54) is 6.42 Å². The largest absolute Gasteiger partial charge is 0.354 e. The lowest BCUT2D eigenvalue weighted by molar-refractivity contribution is -0.136. The van der Waals surface area contributed by atoms with Crippen molar-refractivity contribution in [3.8, 4) is 0 Å². The first-order valence-electron chi connectivity index (χ1n) is 9.89. The second kappa shape index (κ2) is 8.74. The Balaban J connectivity index is 1.49. The number of rotatable bonds is 4. The van der Waals surface area contributed by atoms with E-state index in [9.17, 15) is 4.79 Å². The van der Waals surface area contributed by atoms with Crippen LogP contribution in [0.3, 0.4) is 0 Å². The molecule has 2 saturated heterocycles. The van der Waals surface area contributed by atoms with Crippen molar-refractivity contribution in [3.05, 3.63) is 42.7 Å². The molecule has 3 heterocycles. The van der Waals surface area contributed by atoms with Gasteiger partial charge in [0.1, 0.15) is 5.03 Å². The number of nitrogens with zero attached hydrogens (tertiary/aromatic N) is 4. The zero-order chi connectivity index (χ0) is 18.5. The Morgan fingerprint density at radius 2 is 1.74 bits per heavy atom. The van der Waals surface area contributed by atoms with Crippen LogP contribution in [0.4, 0.5) is 5.82 Å². The average Bonchev–Trinajstić information content (AvgIpc) is 2.75. The number of benzene rings is 1. The van der Waals surface area contributed by atoms with Crippen molar-refractivity contribution in [2.75, 3.05) is 31.1 Å². The molecule has 1 aromatic carbocycles. The first kappa shape index (κ1) is 18.3. The molecule has 0 unspecified atom stereocenters. The van der Waals surface area contributed by atoms with Crippen LogP contribution in [0.5, 0.6) is 0 Å². The standard InChI is InChI=1S/C21H26N4OS/c26-21(24-13-5-2-6-14-24)17-8-7-15-25(16-17)19-20(23-12-11-22-19)27-18-9-3-1-4-10-18/h1,3-4,9-12,17H,2,5-8,13-16H2/t17-/m0/s1. The molecule has 1 aromatic heterocycles. The van der Waals surface area contributed by atoms with Crippen molar-refractivity contribution in [2.45, 2.75) is 42.0 Å². The Hall–Kier alpha value is -2.08. The second-order valence-corrected chi connectivity index (χ2v) is 8.33. The highest BCUT2D eigenvalue weighted by molar-refractivity contribution is 7.99. The van der Waals surface area contributed by atoms with Gasteiger partial charge in [0.05, 0.1) is 5.92 Å². The van der Waals surface area contributed by atoms with E-state index >= 15 is 0 Å². The molecule has 2 aliphatic heterocycles. The van der Waals surface area contributed by atoms with E-state index in [1.807, 2.05) is 18.2 Å². The molecule has 4 rings (SSSR count). The van der Waals surface area contributed by atoms with E-state index in [0.717, 1.165) is 67.6 Å². The van der Waals surface area contributed by atoms with Gasteiger partial charge in [-0.2, -0.15) is 0 Å². The normalized spacial score (nSPS) is 20.5. The van der Waals surface area contributed by atoms with E-state index in [2.05, 4.69) is 31.9 Å². The lowest BCUT2D eigenvalue weighted by Crippen LogP contribution is -2.46. The average molecular weight is 383 g/mol. The molecular formula is C21H26N4OS. The summed E-state index contributed by atoms with van der Waals surface area (Å²) in [7, 11) is 0. The highest BCUT2D eigenvalue weighted by Gasteiger charge is 2.31. The Morgan fingerprint density at radius 3 is 2.56 bits per heavy atom. The first-order valence-corrected chi connectivity index (χ1v) is 10.7. The molecule has 0 bridgehead atoms. The lowest BCUT2D eigenvalue weighted by Gasteiger charge is -2.37. The van der Waals surface area contributed by atoms with Gasteiger partial charge < -0.3 is 9.80 Å². The van der Waals surface area contributed by atoms with Gasteiger partial charge in [-0.3, -0.25) is 4.79 Å². The van der Waals surface area contributed by atoms with Gasteiger partial charge in [-0.25, -0.2) is 9.97 Å². The summed E-state index contributed by atoms with van der Waals surface area (Å²) in [5, 5.41) is 0.912. The number of carbonyl (C=O) groups is 1. The summed E-state index contributed by atoms with van der Waals surface area (Å²) < 4.78 is 0. The fourth-order valence-electron chi connectivity index (χ4n) is 3.95. The van der Waals surface area contributed by atoms with Crippen LogP contribution in [0, 0.1) is 5.92 Å². The van der Waals surface area contributed by atoms with Crippen LogP contribution < -0.4 is 4.90 Å². The predicted octanol–water partition coefficient (Wildman–Crippen LogP) is 3.86. The van der Waals surface area contributed by atoms with Crippen LogP contribution in [0.2, 0.25) is 0 Å². The number of piperidine rings is 2. The van der Waals surface area contributed by atoms with Gasteiger partial charge >= 0.3 is 0 Å². The molecule has 2 aliphatic rings. The fourth-order valence-corrected chi connectivity index (χ4v) is 4.85. The van der Waals surface area contributed by atoms with Gasteiger partial charge in [0.2, 0.25) is 5.91 Å². The summed E-state index contributed by atoms with van der Waals surface area (Å²) in [5.74, 6) is 1.32. The third kappa shape index (κ3) is 4.43. The number of hydrogen-bond donors (Lipinski definition) is 0. The zero-order valence-electron chi connectivity index (χ0n) is 15.6. The second-order valence-electron chi connectivity index (χ2n) is 7.27. The zero-order valence-corrected chi connectivity index (χ0v) is 16.4. The molecular weight excluding hydrogens is 356 g/mol. The van der Waals surface area contributed by atoms with Crippen LogP contribution in [0.1, 0.15) is 32.1 Å². The maximum absolute atomic E-state index is 13.0. The summed E-state index contributed by atoms with van der Waals surface area (Å²) in [4.78, 5) is 27.6. The highest BCUT2D eigenvalue weighted by Crippen LogP contribution is 2.34. The molecule has 2 fully saturated rings. The van der Waals surface area contributed by atoms with E-state index in [0.29, 0.717) is 5.91 Å². The third-order valence-electron chi connectivity index (χ3n) is 5.34. The van der Waals surface area contributed by atoms with Gasteiger partial charge in [0.25, 0.3) is 0 Å². The van der Waals surface area contributed by atoms with Crippen molar-refractivity contribution < 1.29 is 4.79 Å². The maximum atomic E-state index is 13.0. The van der Waals surface area contributed by atoms with E-state index in [-0.39, 0.29) is 5.92 Å². The van der Waals surface area contributed by atoms with E-state index in [4.69, 9.17) is 0 Å². The number of likely N-dealkylation sites (tertiary alicyclic amines) is 1. The molecule has 0 aliphatic carbocycles. The summed E-state index contributed by atoms with van der Waals surface area (Å²) in [6.07, 6.45) is 9.04. The summed E-state index contributed by atoms with van der Waals surface area (Å²) in [6, 6.07) is 10.3. The first-order chi connectivity index (χ1) is 13.3. The molecule has 1 atom stereocenters. The molecule has 0 radical (unpaired) electrons. The summed E-state index contributed by atoms with van der Waals surface area (Å²) in [5.41, 5.74) is 0. The maximum Gasteiger partial charge on any atom is 0.227 e. The van der Waals surface area contributed by atoms with Crippen molar-refractivity contribution in [2.24, 2.45) is 5.92 Å². The minimum absolute atomic E-state index is 0.0773. The van der Waals surface area contributed by atoms with Crippen LogP contribution in [0.15, 0.2) is 52.6 Å². The predicted molar refractivity (Wildman–Crippen MR) is 108 cm³/mol. The van der Waals surface area contributed by atoms with Gasteiger partial charge in [-0.1, -0.05) is 30.0 Å².